The second kappa shape index (κ2) is 8.92. The summed E-state index contributed by atoms with van der Waals surface area (Å²) in [7, 11) is 1.38. The Morgan fingerprint density at radius 3 is 2.00 bits per heavy atom. The van der Waals surface area contributed by atoms with Gasteiger partial charge < -0.3 is 9.47 Å². The number of hydrogen-bond acceptors (Lipinski definition) is 3. The number of ether oxygens (including phenoxy) is 2. The van der Waals surface area contributed by atoms with Gasteiger partial charge in [-0.25, -0.2) is 4.79 Å². The molecular formula is C21H24O3. The summed E-state index contributed by atoms with van der Waals surface area (Å²) in [6, 6.07) is 15.3. The zero-order valence-corrected chi connectivity index (χ0v) is 14.5. The van der Waals surface area contributed by atoms with Gasteiger partial charge in [0.05, 0.1) is 19.3 Å². The molecule has 0 heterocycles. The second-order valence-corrected chi connectivity index (χ2v) is 6.05. The molecule has 3 nitrogen and oxygen atoms in total. The van der Waals surface area contributed by atoms with Gasteiger partial charge in [-0.2, -0.15) is 0 Å². The third-order valence-corrected chi connectivity index (χ3v) is 3.64. The molecule has 0 aromatic heterocycles. The molecule has 0 unspecified atom stereocenters. The van der Waals surface area contributed by atoms with Crippen LogP contribution in [0.5, 0.6) is 5.75 Å². The molecule has 2 rings (SSSR count). The lowest BCUT2D eigenvalue weighted by atomic mass is 10.1. The Labute approximate surface area is 143 Å². The van der Waals surface area contributed by atoms with E-state index in [1.807, 2.05) is 48.6 Å². The fourth-order valence-electron chi connectivity index (χ4n) is 2.13. The summed E-state index contributed by atoms with van der Waals surface area (Å²) in [5.74, 6) is 1.23. The zero-order chi connectivity index (χ0) is 17.4. The molecule has 126 valence electrons. The Hall–Kier alpha value is -2.55. The summed E-state index contributed by atoms with van der Waals surface area (Å²) in [6.07, 6.45) is 5.10. The van der Waals surface area contributed by atoms with Crippen LogP contribution in [0.2, 0.25) is 0 Å². The van der Waals surface area contributed by atoms with Gasteiger partial charge in [-0.05, 0) is 47.7 Å². The lowest BCUT2D eigenvalue weighted by Crippen LogP contribution is -2.01. The molecule has 2 aromatic carbocycles. The van der Waals surface area contributed by atoms with E-state index in [1.165, 1.54) is 7.11 Å². The number of rotatable bonds is 7. The van der Waals surface area contributed by atoms with Gasteiger partial charge in [0, 0.05) is 0 Å². The SMILES string of the molecule is COC(=O)c1ccc(/C=C/c2ccc(OCCC(C)C)cc2)cc1. The number of carbonyl (C=O) groups is 1. The molecule has 0 aliphatic carbocycles. The summed E-state index contributed by atoms with van der Waals surface area (Å²) >= 11 is 0. The Kier molecular flexibility index (Phi) is 6.62. The van der Waals surface area contributed by atoms with Crippen molar-refractivity contribution in [1.82, 2.24) is 0 Å². The van der Waals surface area contributed by atoms with Crippen LogP contribution in [0.4, 0.5) is 0 Å². The highest BCUT2D eigenvalue weighted by Crippen LogP contribution is 2.16. The van der Waals surface area contributed by atoms with Crippen molar-refractivity contribution in [2.45, 2.75) is 20.3 Å². The number of benzene rings is 2. The van der Waals surface area contributed by atoms with Gasteiger partial charge >= 0.3 is 5.97 Å². The third kappa shape index (κ3) is 5.58. The standard InChI is InChI=1S/C21H24O3/c1-16(2)14-15-24-20-12-8-18(9-13-20)5-4-17-6-10-19(11-7-17)21(22)23-3/h4-13,16H,14-15H2,1-3H3/b5-4+. The molecule has 0 saturated carbocycles. The van der Waals surface area contributed by atoms with E-state index < -0.39 is 0 Å². The van der Waals surface area contributed by atoms with Crippen LogP contribution in [0.1, 0.15) is 41.8 Å². The van der Waals surface area contributed by atoms with E-state index in [2.05, 4.69) is 18.6 Å². The maximum atomic E-state index is 11.4. The predicted molar refractivity (Wildman–Crippen MR) is 98.1 cm³/mol. The van der Waals surface area contributed by atoms with Crippen molar-refractivity contribution in [3.05, 3.63) is 65.2 Å². The van der Waals surface area contributed by atoms with Gasteiger partial charge in [-0.1, -0.05) is 50.3 Å². The molecule has 3 heteroatoms. The van der Waals surface area contributed by atoms with Gasteiger partial charge in [-0.15, -0.1) is 0 Å². The fraction of sp³-hybridized carbons (Fsp3) is 0.286. The van der Waals surface area contributed by atoms with Gasteiger partial charge in [0.2, 0.25) is 0 Å². The van der Waals surface area contributed by atoms with Gasteiger partial charge in [0.1, 0.15) is 5.75 Å². The summed E-state index contributed by atoms with van der Waals surface area (Å²) in [5.41, 5.74) is 2.68. The highest BCUT2D eigenvalue weighted by Gasteiger charge is 2.03. The maximum absolute atomic E-state index is 11.4. The van der Waals surface area contributed by atoms with Crippen LogP contribution in [0.15, 0.2) is 48.5 Å². The summed E-state index contributed by atoms with van der Waals surface area (Å²) in [6.45, 7) is 5.13. The quantitative estimate of drug-likeness (QED) is 0.527. The van der Waals surface area contributed by atoms with Crippen molar-refractivity contribution in [3.63, 3.8) is 0 Å². The van der Waals surface area contributed by atoms with E-state index in [4.69, 9.17) is 4.74 Å². The molecule has 0 fully saturated rings. The highest BCUT2D eigenvalue weighted by molar-refractivity contribution is 5.89. The molecule has 0 radical (unpaired) electrons. The van der Waals surface area contributed by atoms with Crippen LogP contribution in [-0.4, -0.2) is 19.7 Å². The van der Waals surface area contributed by atoms with Crippen LogP contribution >= 0.6 is 0 Å². The molecule has 0 spiro atoms. The Balaban J connectivity index is 1.93. The van der Waals surface area contributed by atoms with Crippen LogP contribution in [-0.2, 0) is 4.74 Å². The van der Waals surface area contributed by atoms with Crippen molar-refractivity contribution in [2.75, 3.05) is 13.7 Å². The molecule has 0 amide bonds. The van der Waals surface area contributed by atoms with E-state index in [0.717, 1.165) is 29.9 Å². The highest BCUT2D eigenvalue weighted by atomic mass is 16.5. The van der Waals surface area contributed by atoms with Gasteiger partial charge in [0.25, 0.3) is 0 Å². The number of hydrogen-bond donors (Lipinski definition) is 0. The Morgan fingerprint density at radius 1 is 0.958 bits per heavy atom. The average molecular weight is 324 g/mol. The molecule has 0 atom stereocenters. The lowest BCUT2D eigenvalue weighted by Gasteiger charge is -2.08. The molecule has 0 aliphatic rings. The first-order valence-electron chi connectivity index (χ1n) is 8.18. The summed E-state index contributed by atoms with van der Waals surface area (Å²) in [5, 5.41) is 0. The van der Waals surface area contributed by atoms with E-state index in [1.54, 1.807) is 12.1 Å². The fourth-order valence-corrected chi connectivity index (χ4v) is 2.13. The van der Waals surface area contributed by atoms with Crippen molar-refractivity contribution < 1.29 is 14.3 Å². The zero-order valence-electron chi connectivity index (χ0n) is 14.5. The largest absolute Gasteiger partial charge is 0.494 e. The van der Waals surface area contributed by atoms with Crippen LogP contribution in [0.3, 0.4) is 0 Å². The minimum absolute atomic E-state index is 0.321. The van der Waals surface area contributed by atoms with E-state index in [-0.39, 0.29) is 5.97 Å². The third-order valence-electron chi connectivity index (χ3n) is 3.64. The first-order chi connectivity index (χ1) is 11.6. The Morgan fingerprint density at radius 2 is 1.50 bits per heavy atom. The van der Waals surface area contributed by atoms with E-state index >= 15 is 0 Å². The summed E-state index contributed by atoms with van der Waals surface area (Å²) in [4.78, 5) is 11.4. The molecule has 2 aromatic rings. The monoisotopic (exact) mass is 324 g/mol. The second-order valence-electron chi connectivity index (χ2n) is 6.05. The molecule has 24 heavy (non-hydrogen) atoms. The first kappa shape index (κ1) is 17.8. The van der Waals surface area contributed by atoms with Gasteiger partial charge in [-0.3, -0.25) is 0 Å². The lowest BCUT2D eigenvalue weighted by molar-refractivity contribution is 0.0600. The van der Waals surface area contributed by atoms with E-state index in [9.17, 15) is 4.79 Å². The van der Waals surface area contributed by atoms with Crippen molar-refractivity contribution in [2.24, 2.45) is 5.92 Å². The van der Waals surface area contributed by atoms with E-state index in [0.29, 0.717) is 11.5 Å². The Bertz CT molecular complexity index is 667. The first-order valence-corrected chi connectivity index (χ1v) is 8.18. The average Bonchev–Trinajstić information content (AvgIpc) is 2.60. The topological polar surface area (TPSA) is 35.5 Å². The number of methoxy groups -OCH3 is 1. The number of carbonyl (C=O) groups excluding carboxylic acids is 1. The summed E-state index contributed by atoms with van der Waals surface area (Å²) < 4.78 is 10.4. The molecule has 0 aliphatic heterocycles. The molecule has 0 N–H and O–H groups in total. The minimum Gasteiger partial charge on any atom is -0.494 e. The van der Waals surface area contributed by atoms with Crippen LogP contribution in [0, 0.1) is 5.92 Å². The molecule has 0 bridgehead atoms. The number of esters is 1. The maximum Gasteiger partial charge on any atom is 0.337 e. The van der Waals surface area contributed by atoms with Gasteiger partial charge in [0.15, 0.2) is 0 Å². The molecular weight excluding hydrogens is 300 g/mol. The van der Waals surface area contributed by atoms with Crippen LogP contribution in [0.25, 0.3) is 12.2 Å². The van der Waals surface area contributed by atoms with Crippen LogP contribution < -0.4 is 4.74 Å². The smallest absolute Gasteiger partial charge is 0.337 e. The van der Waals surface area contributed by atoms with Crippen molar-refractivity contribution >= 4 is 18.1 Å². The normalized spacial score (nSPS) is 11.0. The predicted octanol–water partition coefficient (Wildman–Crippen LogP) is 5.07. The molecule has 0 saturated heterocycles. The minimum atomic E-state index is -0.321. The van der Waals surface area contributed by atoms with Crippen molar-refractivity contribution in [3.8, 4) is 5.75 Å². The van der Waals surface area contributed by atoms with Crippen molar-refractivity contribution in [1.29, 1.82) is 0 Å².